The first kappa shape index (κ1) is 14.7. The summed E-state index contributed by atoms with van der Waals surface area (Å²) in [5.41, 5.74) is 0.0466. The number of anilines is 1. The highest BCUT2D eigenvalue weighted by atomic mass is 32.1. The number of hydrogen-bond acceptors (Lipinski definition) is 5. The van der Waals surface area contributed by atoms with Gasteiger partial charge in [0.25, 0.3) is 0 Å². The quantitative estimate of drug-likeness (QED) is 0.922. The molecular weight excluding hydrogens is 256 g/mol. The first-order valence-corrected chi connectivity index (χ1v) is 8.05. The minimum absolute atomic E-state index is 0.0466. The van der Waals surface area contributed by atoms with Crippen LogP contribution in [0.5, 0.6) is 0 Å². The molecule has 19 heavy (non-hydrogen) atoms. The van der Waals surface area contributed by atoms with Crippen molar-refractivity contribution < 1.29 is 0 Å². The summed E-state index contributed by atoms with van der Waals surface area (Å²) in [7, 11) is 2.02. The summed E-state index contributed by atoms with van der Waals surface area (Å²) < 4.78 is 4.55. The highest BCUT2D eigenvalue weighted by molar-refractivity contribution is 7.09. The number of nitrogens with zero attached hydrogens (tertiary/aromatic N) is 3. The third-order valence-corrected chi connectivity index (χ3v) is 4.44. The molecule has 4 nitrogen and oxygen atoms in total. The second-order valence-corrected chi connectivity index (χ2v) is 7.12. The highest BCUT2D eigenvalue weighted by Gasteiger charge is 2.27. The molecule has 1 atom stereocenters. The second-order valence-electron chi connectivity index (χ2n) is 6.39. The Kier molecular flexibility index (Phi) is 4.79. The fourth-order valence-electron chi connectivity index (χ4n) is 2.50. The molecule has 0 spiro atoms. The van der Waals surface area contributed by atoms with Gasteiger partial charge < -0.3 is 10.2 Å². The highest BCUT2D eigenvalue weighted by Crippen LogP contribution is 2.30. The van der Waals surface area contributed by atoms with E-state index in [0.717, 1.165) is 24.0 Å². The zero-order valence-electron chi connectivity index (χ0n) is 12.6. The average Bonchev–Trinajstić information content (AvgIpc) is 2.86. The fraction of sp³-hybridized carbons (Fsp3) is 0.857. The van der Waals surface area contributed by atoms with Crippen LogP contribution in [0.15, 0.2) is 0 Å². The predicted molar refractivity (Wildman–Crippen MR) is 82.1 cm³/mol. The van der Waals surface area contributed by atoms with Gasteiger partial charge in [-0.25, -0.2) is 4.98 Å². The zero-order chi connectivity index (χ0) is 13.9. The van der Waals surface area contributed by atoms with Gasteiger partial charge in [0.15, 0.2) is 0 Å². The van der Waals surface area contributed by atoms with Crippen molar-refractivity contribution in [2.45, 2.75) is 57.9 Å². The maximum absolute atomic E-state index is 4.78. The normalized spacial score (nSPS) is 20.8. The second kappa shape index (κ2) is 6.18. The standard InChI is InChI=1S/C14H26N4S/c1-14(2,3)12-16-13(19-17-12)18-10-6-5-7-11(18)8-9-15-4/h11,15H,5-10H2,1-4H3. The van der Waals surface area contributed by atoms with Crippen LogP contribution in [0.4, 0.5) is 5.13 Å². The molecular formula is C14H26N4S. The molecule has 1 N–H and O–H groups in total. The first-order valence-electron chi connectivity index (χ1n) is 7.28. The van der Waals surface area contributed by atoms with Crippen LogP contribution in [-0.4, -0.2) is 35.5 Å². The Morgan fingerprint density at radius 2 is 2.16 bits per heavy atom. The van der Waals surface area contributed by atoms with Gasteiger partial charge in [-0.1, -0.05) is 20.8 Å². The third-order valence-electron chi connectivity index (χ3n) is 3.69. The summed E-state index contributed by atoms with van der Waals surface area (Å²) in [6.07, 6.45) is 5.10. The van der Waals surface area contributed by atoms with Crippen LogP contribution in [0.2, 0.25) is 0 Å². The van der Waals surface area contributed by atoms with Crippen molar-refractivity contribution in [3.8, 4) is 0 Å². The summed E-state index contributed by atoms with van der Waals surface area (Å²) >= 11 is 1.56. The lowest BCUT2D eigenvalue weighted by atomic mass is 9.96. The lowest BCUT2D eigenvalue weighted by Gasteiger charge is -2.35. The molecule has 1 aromatic rings. The largest absolute Gasteiger partial charge is 0.344 e. The van der Waals surface area contributed by atoms with Crippen molar-refractivity contribution in [2.24, 2.45) is 0 Å². The number of nitrogens with one attached hydrogen (secondary N) is 1. The van der Waals surface area contributed by atoms with Crippen molar-refractivity contribution in [2.75, 3.05) is 25.0 Å². The first-order chi connectivity index (χ1) is 9.02. The van der Waals surface area contributed by atoms with Gasteiger partial charge in [0.1, 0.15) is 5.82 Å². The van der Waals surface area contributed by atoms with E-state index < -0.39 is 0 Å². The van der Waals surface area contributed by atoms with E-state index in [1.165, 1.54) is 25.7 Å². The minimum Gasteiger partial charge on any atom is -0.344 e. The summed E-state index contributed by atoms with van der Waals surface area (Å²) in [6.45, 7) is 8.73. The van der Waals surface area contributed by atoms with E-state index in [0.29, 0.717) is 6.04 Å². The van der Waals surface area contributed by atoms with Crippen molar-refractivity contribution in [3.63, 3.8) is 0 Å². The molecule has 1 fully saturated rings. The summed E-state index contributed by atoms with van der Waals surface area (Å²) in [5, 5.41) is 4.37. The molecule has 108 valence electrons. The topological polar surface area (TPSA) is 41.0 Å². The molecule has 0 radical (unpaired) electrons. The van der Waals surface area contributed by atoms with Gasteiger partial charge in [0.05, 0.1) is 0 Å². The zero-order valence-corrected chi connectivity index (χ0v) is 13.4. The molecule has 5 heteroatoms. The van der Waals surface area contributed by atoms with E-state index >= 15 is 0 Å². The number of hydrogen-bond donors (Lipinski definition) is 1. The van der Waals surface area contributed by atoms with E-state index in [2.05, 4.69) is 35.4 Å². The summed E-state index contributed by atoms with van der Waals surface area (Å²) in [4.78, 5) is 7.26. The predicted octanol–water partition coefficient (Wildman–Crippen LogP) is 2.80. The van der Waals surface area contributed by atoms with E-state index in [1.54, 1.807) is 11.5 Å². The lowest BCUT2D eigenvalue weighted by Crippen LogP contribution is -2.41. The van der Waals surface area contributed by atoms with E-state index in [1.807, 2.05) is 7.05 Å². The average molecular weight is 282 g/mol. The Hall–Kier alpha value is -0.680. The molecule has 1 aliphatic rings. The van der Waals surface area contributed by atoms with Crippen LogP contribution in [0.25, 0.3) is 0 Å². The van der Waals surface area contributed by atoms with Crippen LogP contribution in [-0.2, 0) is 5.41 Å². The van der Waals surface area contributed by atoms with Gasteiger partial charge in [-0.3, -0.25) is 0 Å². The van der Waals surface area contributed by atoms with Gasteiger partial charge >= 0.3 is 0 Å². The van der Waals surface area contributed by atoms with Crippen LogP contribution in [0.3, 0.4) is 0 Å². The minimum atomic E-state index is 0.0466. The van der Waals surface area contributed by atoms with Gasteiger partial charge in [-0.05, 0) is 39.3 Å². The Morgan fingerprint density at radius 1 is 1.37 bits per heavy atom. The molecule has 1 aliphatic heterocycles. The van der Waals surface area contributed by atoms with Crippen LogP contribution in [0.1, 0.15) is 52.3 Å². The molecule has 2 rings (SSSR count). The van der Waals surface area contributed by atoms with Crippen molar-refractivity contribution in [1.82, 2.24) is 14.7 Å². The van der Waals surface area contributed by atoms with Crippen LogP contribution < -0.4 is 10.2 Å². The summed E-state index contributed by atoms with van der Waals surface area (Å²) in [6, 6.07) is 0.627. The Labute approximate surface area is 120 Å². The summed E-state index contributed by atoms with van der Waals surface area (Å²) in [5.74, 6) is 0.977. The van der Waals surface area contributed by atoms with Crippen LogP contribution in [0, 0.1) is 0 Å². The molecule has 0 saturated carbocycles. The molecule has 0 aliphatic carbocycles. The van der Waals surface area contributed by atoms with Crippen molar-refractivity contribution >= 4 is 16.7 Å². The van der Waals surface area contributed by atoms with Crippen molar-refractivity contribution in [1.29, 1.82) is 0 Å². The number of piperidine rings is 1. The van der Waals surface area contributed by atoms with E-state index in [-0.39, 0.29) is 5.41 Å². The van der Waals surface area contributed by atoms with Gasteiger partial charge in [0.2, 0.25) is 5.13 Å². The van der Waals surface area contributed by atoms with E-state index in [4.69, 9.17) is 4.98 Å². The number of rotatable bonds is 4. The van der Waals surface area contributed by atoms with Gasteiger partial charge in [-0.15, -0.1) is 0 Å². The monoisotopic (exact) mass is 282 g/mol. The Morgan fingerprint density at radius 3 is 2.79 bits per heavy atom. The lowest BCUT2D eigenvalue weighted by molar-refractivity contribution is 0.432. The Bertz CT molecular complexity index is 396. The molecule has 2 heterocycles. The van der Waals surface area contributed by atoms with Crippen molar-refractivity contribution in [3.05, 3.63) is 5.82 Å². The molecule has 1 saturated heterocycles. The van der Waals surface area contributed by atoms with Crippen LogP contribution >= 0.6 is 11.5 Å². The molecule has 1 aromatic heterocycles. The SMILES string of the molecule is CNCCC1CCCCN1c1nc(C(C)(C)C)ns1. The number of aromatic nitrogens is 2. The molecule has 0 aromatic carbocycles. The fourth-order valence-corrected chi connectivity index (χ4v) is 3.46. The van der Waals surface area contributed by atoms with E-state index in [9.17, 15) is 0 Å². The molecule has 0 bridgehead atoms. The van der Waals surface area contributed by atoms with Gasteiger partial charge in [0, 0.05) is 29.5 Å². The van der Waals surface area contributed by atoms with Gasteiger partial charge in [-0.2, -0.15) is 4.37 Å². The third kappa shape index (κ3) is 3.66. The Balaban J connectivity index is 2.11. The molecule has 0 amide bonds. The smallest absolute Gasteiger partial charge is 0.205 e. The molecule has 1 unspecified atom stereocenters. The maximum Gasteiger partial charge on any atom is 0.205 e. The maximum atomic E-state index is 4.78.